The number of halogens is 3. The number of rotatable bonds is 7. The van der Waals surface area contributed by atoms with Crippen LogP contribution in [-0.4, -0.2) is 41.9 Å². The average Bonchev–Trinajstić information content (AvgIpc) is 3.01. The second-order valence-corrected chi connectivity index (χ2v) is 9.10. The van der Waals surface area contributed by atoms with E-state index in [9.17, 15) is 22.8 Å². The van der Waals surface area contributed by atoms with Crippen molar-refractivity contribution in [3.05, 3.63) is 59.7 Å². The minimum atomic E-state index is -4.58. The van der Waals surface area contributed by atoms with E-state index in [4.69, 9.17) is 4.74 Å². The number of para-hydroxylation sites is 1. The van der Waals surface area contributed by atoms with Gasteiger partial charge in [-0.3, -0.25) is 14.5 Å². The predicted molar refractivity (Wildman–Crippen MR) is 129 cm³/mol. The summed E-state index contributed by atoms with van der Waals surface area (Å²) in [5, 5.41) is 4.38. The van der Waals surface area contributed by atoms with E-state index in [1.165, 1.54) is 28.8 Å². The molecule has 1 N–H and O–H groups in total. The van der Waals surface area contributed by atoms with Crippen molar-refractivity contribution >= 4 is 40.2 Å². The first-order chi connectivity index (χ1) is 16.7. The van der Waals surface area contributed by atoms with E-state index in [1.807, 2.05) is 42.8 Å². The Labute approximate surface area is 205 Å². The fraction of sp³-hybridized carbons (Fsp3) is 0.360. The second-order valence-electron chi connectivity index (χ2n) is 8.14. The topological polar surface area (TPSA) is 63.6 Å². The highest BCUT2D eigenvalue weighted by Gasteiger charge is 2.40. The first-order valence-electron chi connectivity index (χ1n) is 11.3. The lowest BCUT2D eigenvalue weighted by molar-refractivity contribution is -0.137. The van der Waals surface area contributed by atoms with Crippen molar-refractivity contribution in [2.75, 3.05) is 30.4 Å². The van der Waals surface area contributed by atoms with Crippen molar-refractivity contribution < 1.29 is 27.5 Å². The molecule has 0 bridgehead atoms. The summed E-state index contributed by atoms with van der Waals surface area (Å²) < 4.78 is 47.7. The minimum absolute atomic E-state index is 0.0124. The van der Waals surface area contributed by atoms with Crippen LogP contribution < -0.4 is 10.2 Å². The number of hydrogen-bond donors (Lipinski definition) is 1. The van der Waals surface area contributed by atoms with Gasteiger partial charge >= 0.3 is 6.18 Å². The average molecular weight is 506 g/mol. The van der Waals surface area contributed by atoms with E-state index in [-0.39, 0.29) is 11.4 Å². The van der Waals surface area contributed by atoms with E-state index < -0.39 is 29.6 Å². The summed E-state index contributed by atoms with van der Waals surface area (Å²) >= 11 is 1.28. The Bertz CT molecular complexity index is 1240. The largest absolute Gasteiger partial charge is 0.416 e. The summed E-state index contributed by atoms with van der Waals surface area (Å²) in [6.45, 7) is 3.22. The van der Waals surface area contributed by atoms with E-state index in [2.05, 4.69) is 5.32 Å². The summed E-state index contributed by atoms with van der Waals surface area (Å²) in [4.78, 5) is 28.2. The number of aromatic nitrogens is 1. The van der Waals surface area contributed by atoms with Crippen LogP contribution in [0.25, 0.3) is 10.9 Å². The van der Waals surface area contributed by atoms with Gasteiger partial charge in [-0.2, -0.15) is 13.2 Å². The van der Waals surface area contributed by atoms with Crippen LogP contribution in [0.4, 0.5) is 18.9 Å². The maximum Gasteiger partial charge on any atom is 0.416 e. The van der Waals surface area contributed by atoms with Crippen LogP contribution in [0.15, 0.2) is 53.6 Å². The number of amides is 2. The van der Waals surface area contributed by atoms with Crippen molar-refractivity contribution in [2.24, 2.45) is 7.05 Å². The van der Waals surface area contributed by atoms with E-state index in [0.29, 0.717) is 31.7 Å². The van der Waals surface area contributed by atoms with Gasteiger partial charge in [-0.05, 0) is 37.6 Å². The summed E-state index contributed by atoms with van der Waals surface area (Å²) in [7, 11) is 1.86. The first kappa shape index (κ1) is 25.1. The van der Waals surface area contributed by atoms with Crippen molar-refractivity contribution in [2.45, 2.75) is 30.6 Å². The van der Waals surface area contributed by atoms with Gasteiger partial charge in [0.25, 0.3) is 0 Å². The van der Waals surface area contributed by atoms with Crippen LogP contribution in [0.1, 0.15) is 30.5 Å². The zero-order valence-corrected chi connectivity index (χ0v) is 20.2. The number of thioether (sulfide) groups is 1. The molecule has 1 aromatic heterocycles. The molecule has 4 rings (SSSR count). The zero-order chi connectivity index (χ0) is 25.2. The highest BCUT2D eigenvalue weighted by molar-refractivity contribution is 8.00. The van der Waals surface area contributed by atoms with Crippen LogP contribution >= 0.6 is 11.8 Å². The maximum atomic E-state index is 13.6. The number of aryl methyl sites for hydroxylation is 1. The quantitative estimate of drug-likeness (QED) is 0.463. The summed E-state index contributed by atoms with van der Waals surface area (Å²) in [6.07, 6.45) is -4.01. The van der Waals surface area contributed by atoms with Crippen molar-refractivity contribution in [1.29, 1.82) is 0 Å². The Kier molecular flexibility index (Phi) is 7.42. The molecule has 2 aromatic carbocycles. The van der Waals surface area contributed by atoms with Gasteiger partial charge in [0, 0.05) is 49.0 Å². The van der Waals surface area contributed by atoms with Gasteiger partial charge in [0.05, 0.1) is 16.3 Å². The molecule has 2 heterocycles. The van der Waals surface area contributed by atoms with Crippen molar-refractivity contribution in [1.82, 2.24) is 9.88 Å². The number of ether oxygens (including phenoxy) is 1. The number of benzene rings is 2. The van der Waals surface area contributed by atoms with Crippen LogP contribution in [0.3, 0.4) is 0 Å². The Hall–Kier alpha value is -2.98. The van der Waals surface area contributed by atoms with E-state index in [1.54, 1.807) is 0 Å². The monoisotopic (exact) mass is 505 g/mol. The molecule has 1 atom stereocenters. The predicted octanol–water partition coefficient (Wildman–Crippen LogP) is 4.92. The molecule has 1 unspecified atom stereocenters. The van der Waals surface area contributed by atoms with E-state index >= 15 is 0 Å². The van der Waals surface area contributed by atoms with Crippen LogP contribution in [-0.2, 0) is 27.5 Å². The Morgan fingerprint density at radius 2 is 1.97 bits per heavy atom. The Balaban J connectivity index is 1.83. The minimum Gasteiger partial charge on any atom is -0.382 e. The number of anilines is 1. The molecule has 0 saturated heterocycles. The standard InChI is InChI=1S/C25H26F3N3O3S/c1-3-34-13-7-12-29-23(33)22-21-18-10-4-5-11-19(18)30(2)24(21)35-15-20(32)31(22)17-9-6-8-16(14-17)25(26,27)28/h4-6,8-11,14,22H,3,7,12-13,15H2,1-2H3,(H,29,33). The molecule has 0 spiro atoms. The molecule has 0 fully saturated rings. The highest BCUT2D eigenvalue weighted by Crippen LogP contribution is 2.44. The molecule has 6 nitrogen and oxygen atoms in total. The Morgan fingerprint density at radius 1 is 1.20 bits per heavy atom. The van der Waals surface area contributed by atoms with Crippen molar-refractivity contribution in [3.63, 3.8) is 0 Å². The van der Waals surface area contributed by atoms with Crippen molar-refractivity contribution in [3.8, 4) is 0 Å². The SMILES string of the molecule is CCOCCCNC(=O)C1c2c(n(C)c3ccccc23)SCC(=O)N1c1cccc(C(F)(F)F)c1. The fourth-order valence-corrected chi connectivity index (χ4v) is 5.38. The molecule has 1 aliphatic rings. The molecular weight excluding hydrogens is 479 g/mol. The number of carbonyl (C=O) groups is 2. The molecule has 186 valence electrons. The number of nitrogens with one attached hydrogen (secondary N) is 1. The van der Waals surface area contributed by atoms with Gasteiger partial charge < -0.3 is 14.6 Å². The summed E-state index contributed by atoms with van der Waals surface area (Å²) in [5.41, 5.74) is 0.630. The third-order valence-corrected chi connectivity index (χ3v) is 7.05. The number of alkyl halides is 3. The smallest absolute Gasteiger partial charge is 0.382 e. The van der Waals surface area contributed by atoms with E-state index in [0.717, 1.165) is 28.1 Å². The van der Waals surface area contributed by atoms with Gasteiger partial charge in [-0.25, -0.2) is 0 Å². The molecule has 0 saturated carbocycles. The lowest BCUT2D eigenvalue weighted by Gasteiger charge is -2.30. The van der Waals surface area contributed by atoms with Gasteiger partial charge in [0.15, 0.2) is 0 Å². The summed E-state index contributed by atoms with van der Waals surface area (Å²) in [5.74, 6) is -0.905. The molecule has 3 aromatic rings. The van der Waals surface area contributed by atoms with Gasteiger partial charge in [0.1, 0.15) is 6.04 Å². The van der Waals surface area contributed by atoms with Gasteiger partial charge in [0.2, 0.25) is 11.8 Å². The third-order valence-electron chi connectivity index (χ3n) is 5.89. The highest BCUT2D eigenvalue weighted by atomic mass is 32.2. The van der Waals surface area contributed by atoms with Gasteiger partial charge in [-0.15, -0.1) is 0 Å². The number of hydrogen-bond acceptors (Lipinski definition) is 4. The second kappa shape index (κ2) is 10.3. The molecule has 35 heavy (non-hydrogen) atoms. The molecular formula is C25H26F3N3O3S. The molecule has 0 radical (unpaired) electrons. The summed E-state index contributed by atoms with van der Waals surface area (Å²) in [6, 6.07) is 10.9. The van der Waals surface area contributed by atoms with Crippen LogP contribution in [0.5, 0.6) is 0 Å². The third kappa shape index (κ3) is 5.04. The molecule has 1 aliphatic heterocycles. The number of nitrogens with zero attached hydrogens (tertiary/aromatic N) is 2. The fourth-order valence-electron chi connectivity index (χ4n) is 4.31. The maximum absolute atomic E-state index is 13.6. The molecule has 10 heteroatoms. The van der Waals surface area contributed by atoms with Gasteiger partial charge in [-0.1, -0.05) is 36.0 Å². The number of carbonyl (C=O) groups excluding carboxylic acids is 2. The lowest BCUT2D eigenvalue weighted by atomic mass is 10.0. The number of fused-ring (bicyclic) bond motifs is 3. The lowest BCUT2D eigenvalue weighted by Crippen LogP contribution is -2.44. The molecule has 0 aliphatic carbocycles. The Morgan fingerprint density at radius 3 is 2.71 bits per heavy atom. The van der Waals surface area contributed by atoms with Crippen LogP contribution in [0, 0.1) is 0 Å². The zero-order valence-electron chi connectivity index (χ0n) is 19.4. The first-order valence-corrected chi connectivity index (χ1v) is 12.3. The molecule has 2 amide bonds. The van der Waals surface area contributed by atoms with Crippen LogP contribution in [0.2, 0.25) is 0 Å². The normalized spacial score (nSPS) is 16.3.